The van der Waals surface area contributed by atoms with Gasteiger partial charge in [0.05, 0.1) is 0 Å². The van der Waals surface area contributed by atoms with Crippen molar-refractivity contribution in [3.8, 4) is 0 Å². The van der Waals surface area contributed by atoms with Gasteiger partial charge in [-0.25, -0.2) is 0 Å². The number of amides is 1. The normalized spacial score (nSPS) is 11.8. The third-order valence-corrected chi connectivity index (χ3v) is 1.71. The van der Waals surface area contributed by atoms with E-state index in [4.69, 9.17) is 4.74 Å². The Hall–Kier alpha value is -1.09. The Kier molecular flexibility index (Phi) is 5.89. The fourth-order valence-electron chi connectivity index (χ4n) is 0.924. The van der Waals surface area contributed by atoms with Crippen LogP contribution in [0.3, 0.4) is 0 Å². The first-order valence-corrected chi connectivity index (χ1v) is 4.20. The van der Waals surface area contributed by atoms with E-state index in [0.717, 1.165) is 0 Å². The lowest BCUT2D eigenvalue weighted by Gasteiger charge is -2.22. The smallest absolute Gasteiger partial charge is 0.251 e. The van der Waals surface area contributed by atoms with Gasteiger partial charge in [-0.2, -0.15) is 0 Å². The molecule has 0 aromatic rings. The number of hydrogen-bond donors (Lipinski definition) is 0. The van der Waals surface area contributed by atoms with E-state index in [1.807, 2.05) is 0 Å². The molecule has 1 atom stereocenters. The van der Waals surface area contributed by atoms with Crippen LogP contribution in [0, 0.1) is 0 Å². The number of rotatable bonds is 6. The van der Waals surface area contributed by atoms with Crippen molar-refractivity contribution in [2.24, 2.45) is 0 Å². The third kappa shape index (κ3) is 3.90. The molecule has 0 heterocycles. The molecular formula is C10H17NO2. The van der Waals surface area contributed by atoms with E-state index in [0.29, 0.717) is 13.1 Å². The number of ether oxygens (including phenoxy) is 1. The van der Waals surface area contributed by atoms with Crippen LogP contribution in [0.1, 0.15) is 6.92 Å². The lowest BCUT2D eigenvalue weighted by atomic mass is 10.3. The van der Waals surface area contributed by atoms with Crippen LogP contribution in [0.5, 0.6) is 0 Å². The molecule has 0 bridgehead atoms. The van der Waals surface area contributed by atoms with Crippen molar-refractivity contribution in [3.05, 3.63) is 25.3 Å². The number of nitrogens with zero attached hydrogens (tertiary/aromatic N) is 1. The monoisotopic (exact) mass is 183 g/mol. The van der Waals surface area contributed by atoms with E-state index in [9.17, 15) is 4.79 Å². The lowest BCUT2D eigenvalue weighted by molar-refractivity contribution is -0.139. The third-order valence-electron chi connectivity index (χ3n) is 1.71. The van der Waals surface area contributed by atoms with Crippen LogP contribution in [0.2, 0.25) is 0 Å². The highest BCUT2D eigenvalue weighted by Crippen LogP contribution is 1.98. The van der Waals surface area contributed by atoms with Crippen molar-refractivity contribution >= 4 is 5.91 Å². The largest absolute Gasteiger partial charge is 0.372 e. The first kappa shape index (κ1) is 11.9. The summed E-state index contributed by atoms with van der Waals surface area (Å²) in [5, 5.41) is 0. The summed E-state index contributed by atoms with van der Waals surface area (Å²) >= 11 is 0. The molecule has 0 saturated heterocycles. The van der Waals surface area contributed by atoms with Gasteiger partial charge in [0, 0.05) is 20.2 Å². The van der Waals surface area contributed by atoms with Crippen molar-refractivity contribution in [1.29, 1.82) is 0 Å². The van der Waals surface area contributed by atoms with E-state index in [2.05, 4.69) is 13.2 Å². The van der Waals surface area contributed by atoms with E-state index < -0.39 is 6.10 Å². The van der Waals surface area contributed by atoms with Crippen molar-refractivity contribution in [3.63, 3.8) is 0 Å². The highest BCUT2D eigenvalue weighted by Gasteiger charge is 2.17. The molecule has 0 aromatic carbocycles. The predicted molar refractivity (Wildman–Crippen MR) is 53.4 cm³/mol. The summed E-state index contributed by atoms with van der Waals surface area (Å²) in [6.45, 7) is 9.94. The van der Waals surface area contributed by atoms with E-state index >= 15 is 0 Å². The Labute approximate surface area is 79.7 Å². The maximum atomic E-state index is 11.6. The predicted octanol–water partition coefficient (Wildman–Crippen LogP) is 1.22. The molecular weight excluding hydrogens is 166 g/mol. The second-order valence-electron chi connectivity index (χ2n) is 2.70. The molecule has 13 heavy (non-hydrogen) atoms. The fourth-order valence-corrected chi connectivity index (χ4v) is 0.924. The molecule has 0 rings (SSSR count). The summed E-state index contributed by atoms with van der Waals surface area (Å²) in [5.41, 5.74) is 0. The molecule has 3 heteroatoms. The molecule has 74 valence electrons. The van der Waals surface area contributed by atoms with Crippen molar-refractivity contribution in [2.45, 2.75) is 13.0 Å². The molecule has 1 amide bonds. The molecule has 3 nitrogen and oxygen atoms in total. The molecule has 0 aliphatic heterocycles. The average Bonchev–Trinajstić information content (AvgIpc) is 2.15. The SMILES string of the molecule is C=CCN(CC=C)C(=O)C(C)OC. The topological polar surface area (TPSA) is 29.5 Å². The van der Waals surface area contributed by atoms with Crippen molar-refractivity contribution in [2.75, 3.05) is 20.2 Å². The van der Waals surface area contributed by atoms with Crippen LogP contribution >= 0.6 is 0 Å². The highest BCUT2D eigenvalue weighted by atomic mass is 16.5. The molecule has 0 aromatic heterocycles. The lowest BCUT2D eigenvalue weighted by Crippen LogP contribution is -2.38. The molecule has 1 unspecified atom stereocenters. The van der Waals surface area contributed by atoms with Gasteiger partial charge in [0.2, 0.25) is 0 Å². The highest BCUT2D eigenvalue weighted by molar-refractivity contribution is 5.80. The molecule has 0 aliphatic carbocycles. The number of hydrogen-bond acceptors (Lipinski definition) is 2. The van der Waals surface area contributed by atoms with Gasteiger partial charge in [-0.05, 0) is 6.92 Å². The Morgan fingerprint density at radius 1 is 1.46 bits per heavy atom. The average molecular weight is 183 g/mol. The Morgan fingerprint density at radius 2 is 1.92 bits per heavy atom. The second-order valence-corrected chi connectivity index (χ2v) is 2.70. The van der Waals surface area contributed by atoms with Crippen LogP contribution < -0.4 is 0 Å². The summed E-state index contributed by atoms with van der Waals surface area (Å²) in [7, 11) is 1.52. The van der Waals surface area contributed by atoms with Gasteiger partial charge < -0.3 is 9.64 Å². The van der Waals surface area contributed by atoms with Crippen LogP contribution in [-0.2, 0) is 9.53 Å². The molecule has 0 saturated carbocycles. The summed E-state index contributed by atoms with van der Waals surface area (Å²) in [6.07, 6.45) is 2.97. The molecule has 0 fully saturated rings. The van der Waals surface area contributed by atoms with Crippen LogP contribution in [-0.4, -0.2) is 37.1 Å². The Bertz CT molecular complexity index is 179. The molecule has 0 N–H and O–H groups in total. The molecule has 0 radical (unpaired) electrons. The Balaban J connectivity index is 4.25. The fraction of sp³-hybridized carbons (Fsp3) is 0.500. The minimum atomic E-state index is -0.403. The zero-order valence-corrected chi connectivity index (χ0v) is 8.32. The summed E-state index contributed by atoms with van der Waals surface area (Å²) in [5.74, 6) is -0.0395. The zero-order valence-electron chi connectivity index (χ0n) is 8.32. The number of carbonyl (C=O) groups excluding carboxylic acids is 1. The van der Waals surface area contributed by atoms with Crippen LogP contribution in [0.4, 0.5) is 0 Å². The maximum Gasteiger partial charge on any atom is 0.251 e. The molecule has 0 spiro atoms. The summed E-state index contributed by atoms with van der Waals surface area (Å²) in [6, 6.07) is 0. The van der Waals surface area contributed by atoms with Gasteiger partial charge in [0.25, 0.3) is 5.91 Å². The standard InChI is InChI=1S/C10H17NO2/c1-5-7-11(8-6-2)10(12)9(3)13-4/h5-6,9H,1-2,7-8H2,3-4H3. The van der Waals surface area contributed by atoms with Crippen LogP contribution in [0.15, 0.2) is 25.3 Å². The van der Waals surface area contributed by atoms with Gasteiger partial charge in [0.15, 0.2) is 0 Å². The number of methoxy groups -OCH3 is 1. The first-order chi connectivity index (χ1) is 6.17. The number of carbonyl (C=O) groups is 1. The van der Waals surface area contributed by atoms with E-state index in [1.54, 1.807) is 24.0 Å². The van der Waals surface area contributed by atoms with Gasteiger partial charge >= 0.3 is 0 Å². The minimum absolute atomic E-state index is 0.0395. The van der Waals surface area contributed by atoms with Crippen molar-refractivity contribution < 1.29 is 9.53 Å². The van der Waals surface area contributed by atoms with Gasteiger partial charge in [0.1, 0.15) is 6.10 Å². The first-order valence-electron chi connectivity index (χ1n) is 4.20. The van der Waals surface area contributed by atoms with Gasteiger partial charge in [-0.1, -0.05) is 12.2 Å². The zero-order chi connectivity index (χ0) is 10.3. The van der Waals surface area contributed by atoms with Gasteiger partial charge in [-0.3, -0.25) is 4.79 Å². The van der Waals surface area contributed by atoms with E-state index in [-0.39, 0.29) is 5.91 Å². The van der Waals surface area contributed by atoms with Crippen LogP contribution in [0.25, 0.3) is 0 Å². The second kappa shape index (κ2) is 6.43. The maximum absolute atomic E-state index is 11.6. The van der Waals surface area contributed by atoms with E-state index in [1.165, 1.54) is 7.11 Å². The molecule has 0 aliphatic rings. The minimum Gasteiger partial charge on any atom is -0.372 e. The summed E-state index contributed by atoms with van der Waals surface area (Å²) < 4.78 is 4.93. The van der Waals surface area contributed by atoms with Crippen molar-refractivity contribution in [1.82, 2.24) is 4.90 Å². The Morgan fingerprint density at radius 3 is 2.23 bits per heavy atom. The quantitative estimate of drug-likeness (QED) is 0.579. The van der Waals surface area contributed by atoms with Gasteiger partial charge in [-0.15, -0.1) is 13.2 Å². The summed E-state index contributed by atoms with van der Waals surface area (Å²) in [4.78, 5) is 13.2.